The lowest BCUT2D eigenvalue weighted by molar-refractivity contribution is -0.137. The second kappa shape index (κ2) is 8.73. The first kappa shape index (κ1) is 21.0. The summed E-state index contributed by atoms with van der Waals surface area (Å²) >= 11 is 0. The Morgan fingerprint density at radius 1 is 1.00 bits per heavy atom. The third-order valence-corrected chi connectivity index (χ3v) is 4.65. The molecule has 0 fully saturated rings. The molecule has 1 amide bonds. The van der Waals surface area contributed by atoms with E-state index in [1.807, 2.05) is 0 Å². The SMILES string of the molecule is CC(NC(C)c1ccc(C(F)(F)F)cc1)C(=O)Nc1ccc2c(c1)OCCCO2. The lowest BCUT2D eigenvalue weighted by atomic mass is 10.0. The number of carbonyl (C=O) groups is 1. The average Bonchev–Trinajstić information content (AvgIpc) is 2.92. The molecule has 2 atom stereocenters. The molecule has 3 rings (SSSR count). The van der Waals surface area contributed by atoms with Crippen molar-refractivity contribution in [2.75, 3.05) is 18.5 Å². The smallest absolute Gasteiger partial charge is 0.416 e. The minimum Gasteiger partial charge on any atom is -0.490 e. The summed E-state index contributed by atoms with van der Waals surface area (Å²) in [6.45, 7) is 4.62. The van der Waals surface area contributed by atoms with E-state index in [-0.39, 0.29) is 11.9 Å². The second-order valence-corrected chi connectivity index (χ2v) is 6.93. The number of fused-ring (bicyclic) bond motifs is 1. The van der Waals surface area contributed by atoms with Crippen molar-refractivity contribution in [3.05, 3.63) is 53.6 Å². The molecule has 29 heavy (non-hydrogen) atoms. The molecule has 2 unspecified atom stereocenters. The van der Waals surface area contributed by atoms with Crippen LogP contribution in [0, 0.1) is 0 Å². The Hall–Kier alpha value is -2.74. The van der Waals surface area contributed by atoms with E-state index in [1.165, 1.54) is 12.1 Å². The van der Waals surface area contributed by atoms with Crippen LogP contribution in [-0.2, 0) is 11.0 Å². The number of amides is 1. The van der Waals surface area contributed by atoms with E-state index in [4.69, 9.17) is 9.47 Å². The number of alkyl halides is 3. The van der Waals surface area contributed by atoms with Crippen LogP contribution >= 0.6 is 0 Å². The third-order valence-electron chi connectivity index (χ3n) is 4.65. The highest BCUT2D eigenvalue weighted by Crippen LogP contribution is 2.32. The summed E-state index contributed by atoms with van der Waals surface area (Å²) in [7, 11) is 0. The summed E-state index contributed by atoms with van der Waals surface area (Å²) in [5, 5.41) is 5.91. The predicted octanol–water partition coefficient (Wildman–Crippen LogP) is 4.54. The van der Waals surface area contributed by atoms with E-state index >= 15 is 0 Å². The zero-order valence-corrected chi connectivity index (χ0v) is 16.2. The fraction of sp³-hybridized carbons (Fsp3) is 0.381. The van der Waals surface area contributed by atoms with Gasteiger partial charge in [0.1, 0.15) is 0 Å². The van der Waals surface area contributed by atoms with Gasteiger partial charge in [0, 0.05) is 24.2 Å². The summed E-state index contributed by atoms with van der Waals surface area (Å²) in [6.07, 6.45) is -3.58. The van der Waals surface area contributed by atoms with Gasteiger partial charge in [0.2, 0.25) is 5.91 Å². The van der Waals surface area contributed by atoms with Crippen LogP contribution in [0.5, 0.6) is 11.5 Å². The molecule has 156 valence electrons. The number of carbonyl (C=O) groups excluding carboxylic acids is 1. The molecule has 2 N–H and O–H groups in total. The van der Waals surface area contributed by atoms with Gasteiger partial charge in [0.15, 0.2) is 11.5 Å². The number of ether oxygens (including phenoxy) is 2. The number of hydrogen-bond donors (Lipinski definition) is 2. The summed E-state index contributed by atoms with van der Waals surface area (Å²) < 4.78 is 49.2. The van der Waals surface area contributed by atoms with Gasteiger partial charge in [-0.1, -0.05) is 12.1 Å². The maximum absolute atomic E-state index is 12.7. The normalized spacial score (nSPS) is 15.9. The van der Waals surface area contributed by atoms with Gasteiger partial charge in [-0.05, 0) is 43.7 Å². The van der Waals surface area contributed by atoms with Crippen molar-refractivity contribution < 1.29 is 27.4 Å². The third kappa shape index (κ3) is 5.41. The van der Waals surface area contributed by atoms with Crippen molar-refractivity contribution in [2.24, 2.45) is 0 Å². The van der Waals surface area contributed by atoms with E-state index in [9.17, 15) is 18.0 Å². The monoisotopic (exact) mass is 408 g/mol. The number of rotatable bonds is 5. The molecule has 0 bridgehead atoms. The van der Waals surface area contributed by atoms with E-state index in [2.05, 4.69) is 10.6 Å². The first-order valence-corrected chi connectivity index (χ1v) is 9.38. The van der Waals surface area contributed by atoms with Crippen LogP contribution in [0.1, 0.15) is 37.4 Å². The van der Waals surface area contributed by atoms with E-state index in [1.54, 1.807) is 32.0 Å². The number of nitrogens with one attached hydrogen (secondary N) is 2. The summed E-state index contributed by atoms with van der Waals surface area (Å²) in [5.41, 5.74) is 0.539. The van der Waals surface area contributed by atoms with Crippen LogP contribution in [0.15, 0.2) is 42.5 Å². The molecular weight excluding hydrogens is 385 g/mol. The molecule has 1 aliphatic heterocycles. The summed E-state index contributed by atoms with van der Waals surface area (Å²) in [4.78, 5) is 12.5. The van der Waals surface area contributed by atoms with Crippen LogP contribution in [0.4, 0.5) is 18.9 Å². The second-order valence-electron chi connectivity index (χ2n) is 6.93. The van der Waals surface area contributed by atoms with E-state index in [0.29, 0.717) is 36.0 Å². The van der Waals surface area contributed by atoms with Gasteiger partial charge in [0.25, 0.3) is 0 Å². The highest BCUT2D eigenvalue weighted by molar-refractivity contribution is 5.94. The molecule has 0 aliphatic carbocycles. The van der Waals surface area contributed by atoms with Gasteiger partial charge in [-0.25, -0.2) is 0 Å². The molecule has 2 aromatic carbocycles. The Bertz CT molecular complexity index is 853. The van der Waals surface area contributed by atoms with Gasteiger partial charge >= 0.3 is 6.18 Å². The zero-order valence-electron chi connectivity index (χ0n) is 16.2. The van der Waals surface area contributed by atoms with E-state index < -0.39 is 17.8 Å². The van der Waals surface area contributed by atoms with Crippen LogP contribution in [0.25, 0.3) is 0 Å². The standard InChI is InChI=1S/C21H23F3N2O3/c1-13(15-4-6-16(7-5-15)21(22,23)24)25-14(2)20(27)26-17-8-9-18-19(12-17)29-11-3-10-28-18/h4-9,12-14,25H,3,10-11H2,1-2H3,(H,26,27). The number of hydrogen-bond acceptors (Lipinski definition) is 4. The Labute approximate surface area is 167 Å². The highest BCUT2D eigenvalue weighted by atomic mass is 19.4. The summed E-state index contributed by atoms with van der Waals surface area (Å²) in [6, 6.07) is 9.22. The average molecular weight is 408 g/mol. The first-order chi connectivity index (χ1) is 13.7. The number of benzene rings is 2. The van der Waals surface area contributed by atoms with Crippen LogP contribution in [-0.4, -0.2) is 25.2 Å². The molecule has 0 saturated carbocycles. The molecule has 8 heteroatoms. The fourth-order valence-electron chi connectivity index (χ4n) is 3.00. The quantitative estimate of drug-likeness (QED) is 0.762. The number of halogens is 3. The molecule has 0 radical (unpaired) electrons. The Morgan fingerprint density at radius 3 is 2.31 bits per heavy atom. The molecule has 0 aromatic heterocycles. The van der Waals surface area contributed by atoms with Crippen molar-refractivity contribution in [1.29, 1.82) is 0 Å². The zero-order chi connectivity index (χ0) is 21.0. The van der Waals surface area contributed by atoms with Gasteiger partial charge < -0.3 is 14.8 Å². The van der Waals surface area contributed by atoms with Crippen molar-refractivity contribution in [3.8, 4) is 11.5 Å². The highest BCUT2D eigenvalue weighted by Gasteiger charge is 2.30. The van der Waals surface area contributed by atoms with Gasteiger partial charge in [-0.2, -0.15) is 13.2 Å². The topological polar surface area (TPSA) is 59.6 Å². The lowest BCUT2D eigenvalue weighted by Crippen LogP contribution is -2.39. The van der Waals surface area contributed by atoms with Crippen LogP contribution in [0.3, 0.4) is 0 Å². The van der Waals surface area contributed by atoms with Crippen molar-refractivity contribution in [3.63, 3.8) is 0 Å². The van der Waals surface area contributed by atoms with Crippen molar-refractivity contribution in [1.82, 2.24) is 5.32 Å². The molecule has 5 nitrogen and oxygen atoms in total. The molecule has 1 heterocycles. The van der Waals surface area contributed by atoms with Gasteiger partial charge in [-0.15, -0.1) is 0 Å². The molecular formula is C21H23F3N2O3. The molecule has 0 spiro atoms. The van der Waals surface area contributed by atoms with Crippen LogP contribution in [0.2, 0.25) is 0 Å². The van der Waals surface area contributed by atoms with Gasteiger partial charge in [0.05, 0.1) is 24.8 Å². The van der Waals surface area contributed by atoms with E-state index in [0.717, 1.165) is 18.6 Å². The molecule has 2 aromatic rings. The van der Waals surface area contributed by atoms with Gasteiger partial charge in [-0.3, -0.25) is 10.1 Å². The Morgan fingerprint density at radius 2 is 1.66 bits per heavy atom. The Kier molecular flexibility index (Phi) is 6.32. The number of anilines is 1. The largest absolute Gasteiger partial charge is 0.490 e. The van der Waals surface area contributed by atoms with Crippen molar-refractivity contribution >= 4 is 11.6 Å². The minimum absolute atomic E-state index is 0.266. The fourth-order valence-corrected chi connectivity index (χ4v) is 3.00. The van der Waals surface area contributed by atoms with Crippen LogP contribution < -0.4 is 20.1 Å². The maximum atomic E-state index is 12.7. The Balaban J connectivity index is 1.59. The molecule has 1 aliphatic rings. The summed E-state index contributed by atoms with van der Waals surface area (Å²) in [5.74, 6) is 0.958. The minimum atomic E-state index is -4.37. The lowest BCUT2D eigenvalue weighted by Gasteiger charge is -2.20. The maximum Gasteiger partial charge on any atom is 0.416 e. The molecule has 0 saturated heterocycles. The first-order valence-electron chi connectivity index (χ1n) is 9.38. The van der Waals surface area contributed by atoms with Crippen molar-refractivity contribution in [2.45, 2.75) is 38.5 Å². The predicted molar refractivity (Wildman–Crippen MR) is 103 cm³/mol.